The van der Waals surface area contributed by atoms with Crippen LogP contribution in [0.3, 0.4) is 0 Å². The van der Waals surface area contributed by atoms with E-state index in [4.69, 9.17) is 77.9 Å². The topological polar surface area (TPSA) is 0 Å². The second-order valence-electron chi connectivity index (χ2n) is 2.28. The van der Waals surface area contributed by atoms with Crippen LogP contribution in [-0.2, 0) is 0 Å². The minimum Gasteiger partial charge on any atom is -0.201 e. The summed E-state index contributed by atoms with van der Waals surface area (Å²) in [5.41, 5.74) is -5.55. The normalized spacial score (nSPS) is 30.8. The summed E-state index contributed by atoms with van der Waals surface area (Å²) in [4.78, 5) is 0. The lowest BCUT2D eigenvalue weighted by Crippen LogP contribution is -2.58. The Morgan fingerprint density at radius 1 is 0.917 bits per heavy atom. The van der Waals surface area contributed by atoms with E-state index in [2.05, 4.69) is 0 Å². The average molecular weight is 371 g/mol. The first-order chi connectivity index (χ1) is 5.13. The molecule has 0 aromatic carbocycles. The van der Waals surface area contributed by atoms with E-state index >= 15 is 0 Å². The molecule has 0 spiro atoms. The van der Waals surface area contributed by atoms with Crippen molar-refractivity contribution in [1.29, 1.82) is 0 Å². The standard InChI is InChI=1S/BCl7Si4/c2-1-9-11(5,6)12(7,8)10(1,3)4. The van der Waals surface area contributed by atoms with Gasteiger partial charge in [0.1, 0.15) is 0 Å². The molecular weight excluding hydrogens is 371 g/mol. The zero-order chi connectivity index (χ0) is 9.78. The number of rotatable bonds is 0. The molecule has 1 fully saturated rings. The van der Waals surface area contributed by atoms with Crippen molar-refractivity contribution in [2.45, 2.75) is 0 Å². The van der Waals surface area contributed by atoms with Crippen LogP contribution >= 0.6 is 77.9 Å². The first kappa shape index (κ1) is 13.0. The summed E-state index contributed by atoms with van der Waals surface area (Å²) in [6.07, 6.45) is -2.82. The lowest BCUT2D eigenvalue weighted by Gasteiger charge is -2.26. The molecular formula is BCl7Si4. The van der Waals surface area contributed by atoms with Crippen LogP contribution < -0.4 is 0 Å². The van der Waals surface area contributed by atoms with E-state index in [0.29, 0.717) is 0 Å². The van der Waals surface area contributed by atoms with E-state index in [9.17, 15) is 0 Å². The molecule has 0 N–H and O–H groups in total. The van der Waals surface area contributed by atoms with Gasteiger partial charge < -0.3 is 0 Å². The van der Waals surface area contributed by atoms with Gasteiger partial charge in [-0.15, -0.1) is 22.2 Å². The lowest BCUT2D eigenvalue weighted by molar-refractivity contribution is 3.37. The van der Waals surface area contributed by atoms with Gasteiger partial charge in [-0.05, 0) is 0 Å². The molecule has 1 rings (SSSR count). The summed E-state index contributed by atoms with van der Waals surface area (Å²) in [7, 11) is 0.143. The molecule has 0 aromatic heterocycles. The maximum atomic E-state index is 6.07. The summed E-state index contributed by atoms with van der Waals surface area (Å²) in [5, 5.41) is -0.385. The summed E-state index contributed by atoms with van der Waals surface area (Å²) in [6.45, 7) is 0. The maximum Gasteiger partial charge on any atom is 0.286 e. The molecule has 1 heterocycles. The van der Waals surface area contributed by atoms with Crippen molar-refractivity contribution in [3.05, 3.63) is 0 Å². The van der Waals surface area contributed by atoms with E-state index < -0.39 is 17.5 Å². The van der Waals surface area contributed by atoms with Gasteiger partial charge in [-0.1, -0.05) is 0 Å². The third-order valence-corrected chi connectivity index (χ3v) is 73.0. The van der Waals surface area contributed by atoms with Gasteiger partial charge in [0, 0.05) is 0 Å². The van der Waals surface area contributed by atoms with E-state index in [1.54, 1.807) is 0 Å². The van der Waals surface area contributed by atoms with Crippen LogP contribution in [0.2, 0.25) is 0 Å². The van der Waals surface area contributed by atoms with Crippen molar-refractivity contribution in [1.82, 2.24) is 0 Å². The lowest BCUT2D eigenvalue weighted by atomic mass is 10.7. The Bertz CT molecular complexity index is 200. The smallest absolute Gasteiger partial charge is 0.201 e. The molecule has 12 heavy (non-hydrogen) atoms. The van der Waals surface area contributed by atoms with Crippen LogP contribution in [0.25, 0.3) is 0 Å². The van der Waals surface area contributed by atoms with Crippen LogP contribution in [0.1, 0.15) is 0 Å². The molecule has 68 valence electrons. The molecule has 0 saturated carbocycles. The summed E-state index contributed by atoms with van der Waals surface area (Å²) >= 11 is 42.2. The van der Waals surface area contributed by atoms with Crippen molar-refractivity contribution in [3.63, 3.8) is 0 Å². The maximum absolute atomic E-state index is 6.07. The van der Waals surface area contributed by atoms with Gasteiger partial charge in [0.15, 0.2) is 0 Å². The fraction of sp³-hybridized carbons (Fsp3) is 0. The van der Waals surface area contributed by atoms with Crippen molar-refractivity contribution in [2.75, 3.05) is 0 Å². The molecule has 0 aliphatic carbocycles. The minimum atomic E-state index is -2.89. The Labute approximate surface area is 108 Å². The predicted octanol–water partition coefficient (Wildman–Crippen LogP) is 2.92. The van der Waals surface area contributed by atoms with Crippen LogP contribution in [-0.4, -0.2) is 31.8 Å². The number of hydrogen-bond acceptors (Lipinski definition) is 0. The van der Waals surface area contributed by atoms with Crippen molar-refractivity contribution in [2.24, 2.45) is 0 Å². The molecule has 0 nitrogen and oxygen atoms in total. The number of hydrogen-bond donors (Lipinski definition) is 0. The zero-order valence-corrected chi connectivity index (χ0v) is 14.5. The molecule has 1 aliphatic rings. The van der Waals surface area contributed by atoms with Gasteiger partial charge in [0.05, 0.1) is 8.91 Å². The molecule has 2 radical (unpaired) electrons. The quantitative estimate of drug-likeness (QED) is 0.454. The third-order valence-electron chi connectivity index (χ3n) is 1.44. The molecule has 0 bridgehead atoms. The second kappa shape index (κ2) is 3.76. The first-order valence-electron chi connectivity index (χ1n) is 2.68. The van der Waals surface area contributed by atoms with Crippen molar-refractivity contribution in [3.8, 4) is 0 Å². The summed E-state index contributed by atoms with van der Waals surface area (Å²) in [6, 6.07) is 0. The first-order valence-corrected chi connectivity index (χ1v) is 19.3. The Morgan fingerprint density at radius 2 is 1.33 bits per heavy atom. The van der Waals surface area contributed by atoms with Gasteiger partial charge >= 0.3 is 0 Å². The highest BCUT2D eigenvalue weighted by molar-refractivity contribution is 8.37. The zero-order valence-electron chi connectivity index (χ0n) is 5.22. The van der Waals surface area contributed by atoms with E-state index in [0.717, 1.165) is 0 Å². The Morgan fingerprint density at radius 3 is 1.42 bits per heavy atom. The summed E-state index contributed by atoms with van der Waals surface area (Å²) < 4.78 is 0. The van der Waals surface area contributed by atoms with E-state index in [1.807, 2.05) is 0 Å². The molecule has 12 heteroatoms. The van der Waals surface area contributed by atoms with Gasteiger partial charge in [-0.2, -0.15) is 44.3 Å². The highest BCUT2D eigenvalue weighted by Gasteiger charge is 2.77. The average Bonchev–Trinajstić information content (AvgIpc) is 1.92. The van der Waals surface area contributed by atoms with Gasteiger partial charge in [-0.25, -0.2) is 11.5 Å². The van der Waals surface area contributed by atoms with Crippen LogP contribution in [0.15, 0.2) is 0 Å². The van der Waals surface area contributed by atoms with Crippen LogP contribution in [0.4, 0.5) is 0 Å². The fourth-order valence-electron chi connectivity index (χ4n) is 0.709. The largest absolute Gasteiger partial charge is 0.286 e. The van der Waals surface area contributed by atoms with Crippen molar-refractivity contribution >= 4 is 110 Å². The van der Waals surface area contributed by atoms with Crippen molar-refractivity contribution < 1.29 is 0 Å². The van der Waals surface area contributed by atoms with E-state index in [-0.39, 0.29) is 14.2 Å². The molecule has 1 aliphatic heterocycles. The highest BCUT2D eigenvalue weighted by atomic mass is 35.8. The molecule has 1 saturated heterocycles. The van der Waals surface area contributed by atoms with E-state index in [1.165, 1.54) is 0 Å². The minimum absolute atomic E-state index is 0.143. The Kier molecular flexibility index (Phi) is 4.09. The molecule has 0 amide bonds. The Hall–Kier alpha value is 2.96. The highest BCUT2D eigenvalue weighted by Crippen LogP contribution is 2.50. The van der Waals surface area contributed by atoms with Crippen LogP contribution in [0, 0.1) is 0 Å². The molecule has 0 atom stereocenters. The van der Waals surface area contributed by atoms with Crippen LogP contribution in [0.5, 0.6) is 0 Å². The van der Waals surface area contributed by atoms with Gasteiger partial charge in [0.25, 0.3) is 17.1 Å². The third kappa shape index (κ3) is 1.82. The second-order valence-corrected chi connectivity index (χ2v) is 45.9. The SMILES string of the molecule is ClB1[Si][Si](Cl)(Cl)[Si](Cl)(Cl)[Si]1(Cl)Cl. The monoisotopic (exact) mass is 368 g/mol. The fourth-order valence-corrected chi connectivity index (χ4v) is 76.6. The number of halogens is 7. The Balaban J connectivity index is 3.10. The van der Waals surface area contributed by atoms with Gasteiger partial charge in [0.2, 0.25) is 5.73 Å². The predicted molar refractivity (Wildman–Crippen MR) is 69.7 cm³/mol. The van der Waals surface area contributed by atoms with Gasteiger partial charge in [-0.3, -0.25) is 0 Å². The molecule has 0 unspecified atom stereocenters. The molecule has 0 aromatic rings. The summed E-state index contributed by atoms with van der Waals surface area (Å²) in [5.74, 6) is 0.